The van der Waals surface area contributed by atoms with E-state index in [4.69, 9.17) is 5.21 Å². The van der Waals surface area contributed by atoms with Crippen LogP contribution in [-0.4, -0.2) is 11.4 Å². The van der Waals surface area contributed by atoms with Gasteiger partial charge in [-0.3, -0.25) is 0 Å². The van der Waals surface area contributed by atoms with Crippen LogP contribution in [0.25, 0.3) is 11.1 Å². The van der Waals surface area contributed by atoms with Gasteiger partial charge in [0.05, 0.1) is 0 Å². The van der Waals surface area contributed by atoms with Crippen molar-refractivity contribution in [2.45, 2.75) is 64.2 Å². The van der Waals surface area contributed by atoms with Crippen molar-refractivity contribution in [2.75, 3.05) is 0 Å². The van der Waals surface area contributed by atoms with Gasteiger partial charge in [-0.1, -0.05) is 82.0 Å². The second-order valence-electron chi connectivity index (χ2n) is 7.22. The molecule has 1 N–H and O–H groups in total. The average molecular weight is 335 g/mol. The first-order valence-corrected chi connectivity index (χ1v) is 9.66. The molecule has 0 radical (unpaired) electrons. The van der Waals surface area contributed by atoms with Crippen LogP contribution in [0.2, 0.25) is 0 Å². The molecule has 0 aliphatic heterocycles. The fourth-order valence-corrected chi connectivity index (χ4v) is 4.40. The molecule has 0 saturated carbocycles. The Balaban J connectivity index is 2.15. The summed E-state index contributed by atoms with van der Waals surface area (Å²) >= 11 is 0. The predicted molar refractivity (Wildman–Crippen MR) is 106 cm³/mol. The van der Waals surface area contributed by atoms with E-state index in [1.54, 1.807) is 6.21 Å². The van der Waals surface area contributed by atoms with Gasteiger partial charge >= 0.3 is 0 Å². The Labute approximate surface area is 151 Å². The van der Waals surface area contributed by atoms with Crippen LogP contribution in [0.1, 0.15) is 69.1 Å². The third kappa shape index (κ3) is 3.22. The Bertz CT molecular complexity index is 740. The van der Waals surface area contributed by atoms with E-state index in [-0.39, 0.29) is 5.41 Å². The van der Waals surface area contributed by atoms with E-state index in [0.717, 1.165) is 0 Å². The number of unbranched alkanes of at least 4 members (excludes halogenated alkanes) is 2. The van der Waals surface area contributed by atoms with Crippen LogP contribution in [0.3, 0.4) is 0 Å². The highest BCUT2D eigenvalue weighted by Crippen LogP contribution is 2.54. The van der Waals surface area contributed by atoms with E-state index in [0.29, 0.717) is 6.42 Å². The van der Waals surface area contributed by atoms with Crippen LogP contribution in [0.4, 0.5) is 0 Å². The Morgan fingerprint density at radius 3 is 2.28 bits per heavy atom. The number of hydrogen-bond donors (Lipinski definition) is 1. The maximum Gasteiger partial charge on any atom is 0.0479 e. The summed E-state index contributed by atoms with van der Waals surface area (Å²) in [6, 6.07) is 15.8. The minimum absolute atomic E-state index is 0.143. The van der Waals surface area contributed by atoms with Crippen molar-refractivity contribution in [3.05, 3.63) is 59.2 Å². The number of fused-ring (bicyclic) bond motifs is 3. The van der Waals surface area contributed by atoms with E-state index in [1.807, 2.05) is 0 Å². The molecule has 3 rings (SSSR count). The zero-order chi connectivity index (χ0) is 17.7. The number of benzene rings is 2. The van der Waals surface area contributed by atoms with E-state index in [9.17, 15) is 0 Å². The molecule has 0 heterocycles. The molecular weight excluding hydrogens is 306 g/mol. The number of hydrogen-bond acceptors (Lipinski definition) is 2. The lowest BCUT2D eigenvalue weighted by atomic mass is 9.70. The molecule has 0 saturated heterocycles. The van der Waals surface area contributed by atoms with Crippen molar-refractivity contribution in [1.82, 2.24) is 0 Å². The smallest absolute Gasteiger partial charge is 0.0479 e. The molecule has 0 atom stereocenters. The summed E-state index contributed by atoms with van der Waals surface area (Å²) in [6.45, 7) is 4.56. The lowest BCUT2D eigenvalue weighted by Crippen LogP contribution is -2.25. The van der Waals surface area contributed by atoms with Gasteiger partial charge in [-0.05, 0) is 40.7 Å². The molecule has 2 heteroatoms. The lowest BCUT2D eigenvalue weighted by molar-refractivity contribution is 0.321. The monoisotopic (exact) mass is 335 g/mol. The fourth-order valence-electron chi connectivity index (χ4n) is 4.40. The largest absolute Gasteiger partial charge is 0.411 e. The molecule has 0 bridgehead atoms. The lowest BCUT2D eigenvalue weighted by Gasteiger charge is -2.33. The zero-order valence-electron chi connectivity index (χ0n) is 15.5. The standard InChI is InChI=1S/C23H29NO/c1-3-5-14-23(15-6-4-2)21-10-8-7-9-19(21)20-12-11-18(13-16-24-25)17-22(20)23/h7-12,16-17,25H,3-6,13-15H2,1-2H3/b24-16+. The van der Waals surface area contributed by atoms with Crippen LogP contribution in [0, 0.1) is 0 Å². The molecule has 2 aromatic rings. The van der Waals surface area contributed by atoms with Crippen molar-refractivity contribution in [3.8, 4) is 11.1 Å². The van der Waals surface area contributed by atoms with Gasteiger partial charge in [0, 0.05) is 18.1 Å². The van der Waals surface area contributed by atoms with Crippen molar-refractivity contribution >= 4 is 6.21 Å². The molecule has 0 amide bonds. The maximum absolute atomic E-state index is 8.77. The normalized spacial score (nSPS) is 14.6. The quantitative estimate of drug-likeness (QED) is 0.341. The Morgan fingerprint density at radius 2 is 1.60 bits per heavy atom. The highest BCUT2D eigenvalue weighted by molar-refractivity contribution is 5.81. The van der Waals surface area contributed by atoms with Gasteiger partial charge < -0.3 is 5.21 Å². The minimum Gasteiger partial charge on any atom is -0.411 e. The molecule has 2 nitrogen and oxygen atoms in total. The molecule has 0 spiro atoms. The van der Waals surface area contributed by atoms with Gasteiger partial charge in [-0.2, -0.15) is 0 Å². The third-order valence-corrected chi connectivity index (χ3v) is 5.66. The summed E-state index contributed by atoms with van der Waals surface area (Å²) in [5.41, 5.74) is 7.17. The van der Waals surface area contributed by atoms with Crippen LogP contribution in [0.15, 0.2) is 47.6 Å². The first-order valence-electron chi connectivity index (χ1n) is 9.66. The van der Waals surface area contributed by atoms with Crippen molar-refractivity contribution in [2.24, 2.45) is 5.16 Å². The minimum atomic E-state index is 0.143. The molecule has 0 unspecified atom stereocenters. The SMILES string of the molecule is CCCCC1(CCCC)c2ccccc2-c2ccc(C/C=N/O)cc21. The van der Waals surface area contributed by atoms with E-state index in [1.165, 1.54) is 66.3 Å². The van der Waals surface area contributed by atoms with Gasteiger partial charge in [-0.25, -0.2) is 0 Å². The number of rotatable bonds is 8. The molecule has 2 aromatic carbocycles. The maximum atomic E-state index is 8.77. The summed E-state index contributed by atoms with van der Waals surface area (Å²) in [7, 11) is 0. The van der Waals surface area contributed by atoms with Gasteiger partial charge in [0.2, 0.25) is 0 Å². The molecule has 1 aliphatic carbocycles. The van der Waals surface area contributed by atoms with E-state index in [2.05, 4.69) is 61.5 Å². The number of nitrogens with zero attached hydrogens (tertiary/aromatic N) is 1. The molecule has 0 fully saturated rings. The van der Waals surface area contributed by atoms with Crippen LogP contribution in [-0.2, 0) is 11.8 Å². The summed E-state index contributed by atoms with van der Waals surface area (Å²) in [6.07, 6.45) is 9.63. The fraction of sp³-hybridized carbons (Fsp3) is 0.435. The molecule has 0 aromatic heterocycles. The zero-order valence-corrected chi connectivity index (χ0v) is 15.5. The summed E-state index contributed by atoms with van der Waals surface area (Å²) < 4.78 is 0. The second-order valence-corrected chi connectivity index (χ2v) is 7.22. The van der Waals surface area contributed by atoms with Crippen molar-refractivity contribution in [3.63, 3.8) is 0 Å². The topological polar surface area (TPSA) is 32.6 Å². The van der Waals surface area contributed by atoms with Gasteiger partial charge in [0.1, 0.15) is 0 Å². The average Bonchev–Trinajstić information content (AvgIpc) is 2.93. The molecule has 132 valence electrons. The van der Waals surface area contributed by atoms with Gasteiger partial charge in [0.25, 0.3) is 0 Å². The summed E-state index contributed by atoms with van der Waals surface area (Å²) in [5.74, 6) is 0. The van der Waals surface area contributed by atoms with Crippen LogP contribution >= 0.6 is 0 Å². The van der Waals surface area contributed by atoms with E-state index >= 15 is 0 Å². The van der Waals surface area contributed by atoms with E-state index < -0.39 is 0 Å². The van der Waals surface area contributed by atoms with Crippen molar-refractivity contribution < 1.29 is 5.21 Å². The molecule has 1 aliphatic rings. The van der Waals surface area contributed by atoms with Gasteiger partial charge in [0.15, 0.2) is 0 Å². The number of oxime groups is 1. The highest BCUT2D eigenvalue weighted by atomic mass is 16.4. The Kier molecular flexibility index (Phi) is 5.57. The Morgan fingerprint density at radius 1 is 0.920 bits per heavy atom. The predicted octanol–water partition coefficient (Wildman–Crippen LogP) is 6.34. The third-order valence-electron chi connectivity index (χ3n) is 5.66. The summed E-state index contributed by atoms with van der Waals surface area (Å²) in [5, 5.41) is 11.9. The van der Waals surface area contributed by atoms with Crippen LogP contribution in [0.5, 0.6) is 0 Å². The molecular formula is C23H29NO. The first-order chi connectivity index (χ1) is 12.3. The summed E-state index contributed by atoms with van der Waals surface area (Å²) in [4.78, 5) is 0. The first kappa shape index (κ1) is 17.7. The second kappa shape index (κ2) is 7.86. The molecule has 25 heavy (non-hydrogen) atoms. The Hall–Kier alpha value is -2.09. The van der Waals surface area contributed by atoms with Gasteiger partial charge in [-0.15, -0.1) is 5.16 Å². The van der Waals surface area contributed by atoms with Crippen LogP contribution < -0.4 is 0 Å². The van der Waals surface area contributed by atoms with Crippen molar-refractivity contribution in [1.29, 1.82) is 0 Å². The highest BCUT2D eigenvalue weighted by Gasteiger charge is 2.41.